The van der Waals surface area contributed by atoms with Crippen LogP contribution in [0.4, 0.5) is 0 Å². The standard InChI is InChI=1S/C17H26BrNO2/c1-4-17(5-2)11-14(8-9-21-17)19-12-13-6-7-16(20-3)15(18)10-13/h6-7,10,14,19H,4-5,8-9,11-12H2,1-3H3. The summed E-state index contributed by atoms with van der Waals surface area (Å²) in [6.07, 6.45) is 4.39. The number of hydrogen-bond donors (Lipinski definition) is 1. The molecule has 0 bridgehead atoms. The van der Waals surface area contributed by atoms with Gasteiger partial charge in [0.2, 0.25) is 0 Å². The molecule has 118 valence electrons. The molecule has 1 atom stereocenters. The molecule has 4 heteroatoms. The third kappa shape index (κ3) is 4.21. The van der Waals surface area contributed by atoms with Crippen LogP contribution in [0.25, 0.3) is 0 Å². The highest BCUT2D eigenvalue weighted by atomic mass is 79.9. The van der Waals surface area contributed by atoms with E-state index in [0.29, 0.717) is 6.04 Å². The van der Waals surface area contributed by atoms with Gasteiger partial charge in [0, 0.05) is 19.2 Å². The van der Waals surface area contributed by atoms with Crippen LogP contribution in [-0.4, -0.2) is 25.4 Å². The van der Waals surface area contributed by atoms with E-state index in [1.165, 1.54) is 5.56 Å². The smallest absolute Gasteiger partial charge is 0.133 e. The van der Waals surface area contributed by atoms with Gasteiger partial charge in [-0.05, 0) is 59.3 Å². The maximum atomic E-state index is 6.03. The molecule has 0 saturated carbocycles. The van der Waals surface area contributed by atoms with Crippen molar-refractivity contribution in [2.24, 2.45) is 0 Å². The van der Waals surface area contributed by atoms with Gasteiger partial charge in [0.05, 0.1) is 17.2 Å². The summed E-state index contributed by atoms with van der Waals surface area (Å²) in [7, 11) is 1.69. The third-order valence-corrected chi connectivity index (χ3v) is 5.21. The van der Waals surface area contributed by atoms with Gasteiger partial charge < -0.3 is 14.8 Å². The first-order valence-corrected chi connectivity index (χ1v) is 8.61. The van der Waals surface area contributed by atoms with Crippen molar-refractivity contribution in [2.75, 3.05) is 13.7 Å². The van der Waals surface area contributed by atoms with E-state index in [4.69, 9.17) is 9.47 Å². The SMILES string of the molecule is CCC1(CC)CC(NCc2ccc(OC)c(Br)c2)CCO1. The molecular weight excluding hydrogens is 330 g/mol. The van der Waals surface area contributed by atoms with Crippen LogP contribution in [0.1, 0.15) is 45.1 Å². The lowest BCUT2D eigenvalue weighted by atomic mass is 9.86. The second-order valence-electron chi connectivity index (χ2n) is 5.78. The summed E-state index contributed by atoms with van der Waals surface area (Å²) >= 11 is 3.54. The minimum atomic E-state index is 0.0798. The fourth-order valence-electron chi connectivity index (χ4n) is 3.03. The Morgan fingerprint density at radius 2 is 2.14 bits per heavy atom. The van der Waals surface area contributed by atoms with E-state index in [1.807, 2.05) is 6.07 Å². The number of methoxy groups -OCH3 is 1. The summed E-state index contributed by atoms with van der Waals surface area (Å²) in [5.74, 6) is 0.876. The minimum absolute atomic E-state index is 0.0798. The zero-order chi connectivity index (χ0) is 15.3. The maximum Gasteiger partial charge on any atom is 0.133 e. The van der Waals surface area contributed by atoms with Crippen molar-refractivity contribution >= 4 is 15.9 Å². The molecule has 1 aliphatic heterocycles. The van der Waals surface area contributed by atoms with E-state index in [1.54, 1.807) is 7.11 Å². The zero-order valence-corrected chi connectivity index (χ0v) is 14.8. The molecule has 3 nitrogen and oxygen atoms in total. The lowest BCUT2D eigenvalue weighted by Gasteiger charge is -2.40. The number of benzene rings is 1. The Labute approximate surface area is 136 Å². The summed E-state index contributed by atoms with van der Waals surface area (Å²) in [6.45, 7) is 6.21. The van der Waals surface area contributed by atoms with Gasteiger partial charge in [0.1, 0.15) is 5.75 Å². The maximum absolute atomic E-state index is 6.03. The van der Waals surface area contributed by atoms with Crippen molar-refractivity contribution in [3.05, 3.63) is 28.2 Å². The summed E-state index contributed by atoms with van der Waals surface area (Å²) in [4.78, 5) is 0. The first kappa shape index (κ1) is 16.8. The Kier molecular flexibility index (Phi) is 6.08. The lowest BCUT2D eigenvalue weighted by Crippen LogP contribution is -2.46. The van der Waals surface area contributed by atoms with Crippen molar-refractivity contribution in [3.63, 3.8) is 0 Å². The summed E-state index contributed by atoms with van der Waals surface area (Å²) < 4.78 is 12.3. The molecule has 1 heterocycles. The molecule has 1 unspecified atom stereocenters. The van der Waals surface area contributed by atoms with E-state index in [0.717, 1.165) is 49.1 Å². The molecule has 21 heavy (non-hydrogen) atoms. The highest BCUT2D eigenvalue weighted by Gasteiger charge is 2.34. The van der Waals surface area contributed by atoms with Crippen LogP contribution >= 0.6 is 15.9 Å². The molecule has 0 spiro atoms. The summed E-state index contributed by atoms with van der Waals surface area (Å²) in [5.41, 5.74) is 1.35. The van der Waals surface area contributed by atoms with Gasteiger partial charge in [-0.1, -0.05) is 19.9 Å². The zero-order valence-electron chi connectivity index (χ0n) is 13.2. The highest BCUT2D eigenvalue weighted by molar-refractivity contribution is 9.10. The van der Waals surface area contributed by atoms with Crippen LogP contribution < -0.4 is 10.1 Å². The molecule has 0 amide bonds. The number of rotatable bonds is 6. The fourth-order valence-corrected chi connectivity index (χ4v) is 3.61. The second-order valence-corrected chi connectivity index (χ2v) is 6.63. The van der Waals surface area contributed by atoms with Crippen molar-refractivity contribution in [1.82, 2.24) is 5.32 Å². The van der Waals surface area contributed by atoms with Gasteiger partial charge in [-0.25, -0.2) is 0 Å². The fraction of sp³-hybridized carbons (Fsp3) is 0.647. The first-order chi connectivity index (χ1) is 10.1. The molecule has 1 fully saturated rings. The average molecular weight is 356 g/mol. The Morgan fingerprint density at radius 1 is 1.38 bits per heavy atom. The van der Waals surface area contributed by atoms with Crippen LogP contribution in [-0.2, 0) is 11.3 Å². The molecule has 0 aromatic heterocycles. The van der Waals surface area contributed by atoms with Gasteiger partial charge in [-0.2, -0.15) is 0 Å². The Morgan fingerprint density at radius 3 is 2.76 bits per heavy atom. The predicted molar refractivity (Wildman–Crippen MR) is 89.8 cm³/mol. The van der Waals surface area contributed by atoms with Gasteiger partial charge in [-0.15, -0.1) is 0 Å². The van der Waals surface area contributed by atoms with E-state index >= 15 is 0 Å². The van der Waals surface area contributed by atoms with Crippen LogP contribution in [0.5, 0.6) is 5.75 Å². The van der Waals surface area contributed by atoms with E-state index in [2.05, 4.69) is 47.2 Å². The third-order valence-electron chi connectivity index (χ3n) is 4.59. The molecule has 0 radical (unpaired) electrons. The lowest BCUT2D eigenvalue weighted by molar-refractivity contribution is -0.0932. The largest absolute Gasteiger partial charge is 0.496 e. The van der Waals surface area contributed by atoms with Gasteiger partial charge in [0.25, 0.3) is 0 Å². The monoisotopic (exact) mass is 355 g/mol. The van der Waals surface area contributed by atoms with Gasteiger partial charge in [0.15, 0.2) is 0 Å². The van der Waals surface area contributed by atoms with Crippen LogP contribution in [0.3, 0.4) is 0 Å². The Balaban J connectivity index is 1.92. The summed E-state index contributed by atoms with van der Waals surface area (Å²) in [5, 5.41) is 3.68. The molecule has 1 aromatic carbocycles. The van der Waals surface area contributed by atoms with Crippen molar-refractivity contribution in [3.8, 4) is 5.75 Å². The Bertz CT molecular complexity index is 460. The van der Waals surface area contributed by atoms with Crippen LogP contribution in [0.15, 0.2) is 22.7 Å². The van der Waals surface area contributed by atoms with Crippen LogP contribution in [0, 0.1) is 0 Å². The van der Waals surface area contributed by atoms with E-state index < -0.39 is 0 Å². The molecule has 1 saturated heterocycles. The van der Waals surface area contributed by atoms with E-state index in [-0.39, 0.29) is 5.60 Å². The number of halogens is 1. The number of ether oxygens (including phenoxy) is 2. The van der Waals surface area contributed by atoms with Crippen molar-refractivity contribution in [1.29, 1.82) is 0 Å². The van der Waals surface area contributed by atoms with E-state index in [9.17, 15) is 0 Å². The molecule has 1 N–H and O–H groups in total. The summed E-state index contributed by atoms with van der Waals surface area (Å²) in [6, 6.07) is 6.79. The Hall–Kier alpha value is -0.580. The highest BCUT2D eigenvalue weighted by Crippen LogP contribution is 2.31. The minimum Gasteiger partial charge on any atom is -0.496 e. The number of hydrogen-bond acceptors (Lipinski definition) is 3. The molecule has 2 rings (SSSR count). The number of nitrogens with one attached hydrogen (secondary N) is 1. The molecule has 0 aliphatic carbocycles. The van der Waals surface area contributed by atoms with Gasteiger partial charge in [-0.3, -0.25) is 0 Å². The molecule has 1 aromatic rings. The topological polar surface area (TPSA) is 30.5 Å². The molecular formula is C17H26BrNO2. The first-order valence-electron chi connectivity index (χ1n) is 7.82. The van der Waals surface area contributed by atoms with Crippen molar-refractivity contribution < 1.29 is 9.47 Å². The predicted octanol–water partition coefficient (Wildman–Crippen LogP) is 4.29. The average Bonchev–Trinajstić information content (AvgIpc) is 2.53. The van der Waals surface area contributed by atoms with Crippen molar-refractivity contribution in [2.45, 2.75) is 57.7 Å². The normalized spacial score (nSPS) is 21.2. The second kappa shape index (κ2) is 7.61. The quantitative estimate of drug-likeness (QED) is 0.825. The molecule has 1 aliphatic rings. The van der Waals surface area contributed by atoms with Crippen LogP contribution in [0.2, 0.25) is 0 Å². The van der Waals surface area contributed by atoms with Gasteiger partial charge >= 0.3 is 0 Å².